The van der Waals surface area contributed by atoms with Crippen LogP contribution in [0.4, 0.5) is 5.95 Å². The van der Waals surface area contributed by atoms with E-state index in [0.29, 0.717) is 39.1 Å². The number of anilines is 1. The number of benzene rings is 1. The molecule has 0 saturated carbocycles. The number of ether oxygens (including phenoxy) is 1. The second-order valence-electron chi connectivity index (χ2n) is 6.76. The van der Waals surface area contributed by atoms with Crippen LogP contribution in [0, 0.1) is 18.3 Å². The molecule has 7 nitrogen and oxygen atoms in total. The lowest BCUT2D eigenvalue weighted by Crippen LogP contribution is -2.20. The molecule has 0 radical (unpaired) electrons. The lowest BCUT2D eigenvalue weighted by molar-refractivity contribution is 0.243. The highest BCUT2D eigenvalue weighted by Gasteiger charge is 2.15. The first kappa shape index (κ1) is 19.6. The number of hydrogen-bond donors (Lipinski definition) is 2. The predicted molar refractivity (Wildman–Crippen MR) is 109 cm³/mol. The number of pyridine rings is 1. The summed E-state index contributed by atoms with van der Waals surface area (Å²) in [5.74, 6) is 0.877. The van der Waals surface area contributed by atoms with E-state index < -0.39 is 0 Å². The minimum atomic E-state index is -0.356. The van der Waals surface area contributed by atoms with Gasteiger partial charge in [-0.1, -0.05) is 11.6 Å². The number of rotatable bonds is 5. The van der Waals surface area contributed by atoms with Crippen LogP contribution in [-0.4, -0.2) is 21.1 Å². The molecule has 0 spiro atoms. The van der Waals surface area contributed by atoms with Gasteiger partial charge in [0.15, 0.2) is 0 Å². The smallest absolute Gasteiger partial charge is 0.253 e. The normalized spacial score (nSPS) is 12.0. The standard InChI is InChI=1S/C20H20ClN5O2/c1-10(2)28-18-7-17-13(6-16(18)21)5-15(19(27)26-17)12(4)25-20-23-9-14(8-22)11(3)24-20/h5-7,9-10,12H,1-4H3,(H,26,27)(H,23,24,25)/t12-/m0/s1. The fourth-order valence-corrected chi connectivity index (χ4v) is 3.02. The molecule has 0 saturated heterocycles. The van der Waals surface area contributed by atoms with E-state index in [0.717, 1.165) is 5.39 Å². The van der Waals surface area contributed by atoms with E-state index in [1.807, 2.05) is 26.8 Å². The predicted octanol–water partition coefficient (Wildman–Crippen LogP) is 4.11. The minimum absolute atomic E-state index is 0.0268. The van der Waals surface area contributed by atoms with Gasteiger partial charge in [0.1, 0.15) is 11.8 Å². The molecule has 3 aromatic rings. The van der Waals surface area contributed by atoms with Crippen LogP contribution in [0.5, 0.6) is 5.75 Å². The van der Waals surface area contributed by atoms with E-state index in [1.54, 1.807) is 25.1 Å². The Balaban J connectivity index is 1.94. The Kier molecular flexibility index (Phi) is 5.52. The zero-order valence-corrected chi connectivity index (χ0v) is 16.8. The molecule has 0 aliphatic rings. The maximum absolute atomic E-state index is 12.6. The van der Waals surface area contributed by atoms with Gasteiger partial charge in [-0.05, 0) is 39.8 Å². The molecule has 1 aromatic carbocycles. The van der Waals surface area contributed by atoms with E-state index in [4.69, 9.17) is 21.6 Å². The molecule has 2 aromatic heterocycles. The highest BCUT2D eigenvalue weighted by Crippen LogP contribution is 2.30. The highest BCUT2D eigenvalue weighted by atomic mass is 35.5. The molecular weight excluding hydrogens is 378 g/mol. The molecule has 2 N–H and O–H groups in total. The van der Waals surface area contributed by atoms with E-state index in [2.05, 4.69) is 20.3 Å². The number of H-pyrrole nitrogens is 1. The van der Waals surface area contributed by atoms with Crippen molar-refractivity contribution in [2.75, 3.05) is 5.32 Å². The van der Waals surface area contributed by atoms with Gasteiger partial charge in [-0.3, -0.25) is 4.79 Å². The number of aryl methyl sites for hydroxylation is 1. The average Bonchev–Trinajstić information content (AvgIpc) is 2.62. The van der Waals surface area contributed by atoms with Crippen LogP contribution in [0.3, 0.4) is 0 Å². The molecule has 8 heteroatoms. The molecule has 0 fully saturated rings. The number of hydrogen-bond acceptors (Lipinski definition) is 6. The highest BCUT2D eigenvalue weighted by molar-refractivity contribution is 6.32. The van der Waals surface area contributed by atoms with Crippen molar-refractivity contribution in [2.45, 2.75) is 39.8 Å². The SMILES string of the molecule is Cc1nc(N[C@@H](C)c2cc3cc(Cl)c(OC(C)C)cc3[nH]c2=O)ncc1C#N. The molecule has 28 heavy (non-hydrogen) atoms. The van der Waals surface area contributed by atoms with Crippen molar-refractivity contribution in [3.63, 3.8) is 0 Å². The van der Waals surface area contributed by atoms with Gasteiger partial charge in [-0.25, -0.2) is 9.97 Å². The summed E-state index contributed by atoms with van der Waals surface area (Å²) in [6.07, 6.45) is 1.43. The number of aromatic amines is 1. The third-order valence-electron chi connectivity index (χ3n) is 4.20. The number of nitrogens with one attached hydrogen (secondary N) is 2. The van der Waals surface area contributed by atoms with Crippen molar-refractivity contribution in [3.8, 4) is 11.8 Å². The van der Waals surface area contributed by atoms with Gasteiger partial charge in [0.25, 0.3) is 5.56 Å². The fourth-order valence-electron chi connectivity index (χ4n) is 2.81. The topological polar surface area (TPSA) is 104 Å². The monoisotopic (exact) mass is 397 g/mol. The summed E-state index contributed by atoms with van der Waals surface area (Å²) in [5.41, 5.74) is 1.92. The Hall–Kier alpha value is -3.11. The Labute approximate surface area is 167 Å². The molecule has 0 unspecified atom stereocenters. The van der Waals surface area contributed by atoms with E-state index in [1.165, 1.54) is 6.20 Å². The zero-order chi connectivity index (χ0) is 20.4. The number of aromatic nitrogens is 3. The van der Waals surface area contributed by atoms with E-state index in [-0.39, 0.29) is 17.7 Å². The number of fused-ring (bicyclic) bond motifs is 1. The minimum Gasteiger partial charge on any atom is -0.489 e. The molecule has 0 bridgehead atoms. The number of halogens is 1. The molecule has 3 rings (SSSR count). The van der Waals surface area contributed by atoms with Gasteiger partial charge in [-0.15, -0.1) is 0 Å². The first-order chi connectivity index (χ1) is 13.3. The molecule has 1 atom stereocenters. The van der Waals surface area contributed by atoms with Crippen molar-refractivity contribution in [2.24, 2.45) is 0 Å². The summed E-state index contributed by atoms with van der Waals surface area (Å²) in [5, 5.41) is 13.3. The Bertz CT molecular complexity index is 1130. The van der Waals surface area contributed by atoms with Gasteiger partial charge in [0.05, 0.1) is 40.1 Å². The first-order valence-electron chi connectivity index (χ1n) is 8.82. The van der Waals surface area contributed by atoms with Crippen molar-refractivity contribution in [1.82, 2.24) is 15.0 Å². The summed E-state index contributed by atoms with van der Waals surface area (Å²) in [6, 6.07) is 6.95. The Morgan fingerprint density at radius 3 is 2.68 bits per heavy atom. The summed E-state index contributed by atoms with van der Waals surface area (Å²) < 4.78 is 5.67. The van der Waals surface area contributed by atoms with Crippen molar-refractivity contribution in [1.29, 1.82) is 5.26 Å². The summed E-state index contributed by atoms with van der Waals surface area (Å²) in [4.78, 5) is 23.9. The summed E-state index contributed by atoms with van der Waals surface area (Å²) in [6.45, 7) is 7.39. The van der Waals surface area contributed by atoms with Crippen LogP contribution in [0.1, 0.15) is 43.6 Å². The van der Waals surface area contributed by atoms with Crippen LogP contribution in [0.2, 0.25) is 5.02 Å². The molecule has 144 valence electrons. The summed E-state index contributed by atoms with van der Waals surface area (Å²) >= 11 is 6.32. The molecule has 2 heterocycles. The zero-order valence-electron chi connectivity index (χ0n) is 16.0. The van der Waals surface area contributed by atoms with Crippen molar-refractivity contribution >= 4 is 28.5 Å². The van der Waals surface area contributed by atoms with Gasteiger partial charge in [0, 0.05) is 17.0 Å². The van der Waals surface area contributed by atoms with Crippen LogP contribution in [-0.2, 0) is 0 Å². The van der Waals surface area contributed by atoms with Gasteiger partial charge < -0.3 is 15.0 Å². The Morgan fingerprint density at radius 2 is 2.04 bits per heavy atom. The van der Waals surface area contributed by atoms with Crippen LogP contribution >= 0.6 is 11.6 Å². The van der Waals surface area contributed by atoms with Gasteiger partial charge >= 0.3 is 0 Å². The van der Waals surface area contributed by atoms with Gasteiger partial charge in [-0.2, -0.15) is 5.26 Å². The molecule has 0 amide bonds. The van der Waals surface area contributed by atoms with Crippen molar-refractivity contribution < 1.29 is 4.74 Å². The lowest BCUT2D eigenvalue weighted by atomic mass is 10.1. The maximum atomic E-state index is 12.6. The Morgan fingerprint density at radius 1 is 1.29 bits per heavy atom. The third kappa shape index (κ3) is 4.07. The third-order valence-corrected chi connectivity index (χ3v) is 4.50. The second kappa shape index (κ2) is 7.87. The number of nitriles is 1. The summed E-state index contributed by atoms with van der Waals surface area (Å²) in [7, 11) is 0. The number of nitrogens with zero attached hydrogens (tertiary/aromatic N) is 3. The fraction of sp³-hybridized carbons (Fsp3) is 0.300. The molecule has 0 aliphatic carbocycles. The second-order valence-corrected chi connectivity index (χ2v) is 7.17. The van der Waals surface area contributed by atoms with Crippen LogP contribution in [0.15, 0.2) is 29.2 Å². The molecule has 0 aliphatic heterocycles. The van der Waals surface area contributed by atoms with E-state index >= 15 is 0 Å². The van der Waals surface area contributed by atoms with Crippen LogP contribution < -0.4 is 15.6 Å². The largest absolute Gasteiger partial charge is 0.489 e. The molecular formula is C20H20ClN5O2. The van der Waals surface area contributed by atoms with Crippen LogP contribution in [0.25, 0.3) is 10.9 Å². The van der Waals surface area contributed by atoms with E-state index in [9.17, 15) is 4.79 Å². The quantitative estimate of drug-likeness (QED) is 0.671. The van der Waals surface area contributed by atoms with Crippen molar-refractivity contribution in [3.05, 3.63) is 56.6 Å². The maximum Gasteiger partial charge on any atom is 0.253 e. The average molecular weight is 398 g/mol. The lowest BCUT2D eigenvalue weighted by Gasteiger charge is -2.16. The van der Waals surface area contributed by atoms with Gasteiger partial charge in [0.2, 0.25) is 5.95 Å². The first-order valence-corrected chi connectivity index (χ1v) is 9.19.